The summed E-state index contributed by atoms with van der Waals surface area (Å²) in [6.45, 7) is 5.41. The number of nitrogens with one attached hydrogen (secondary N) is 1. The molecule has 3 unspecified atom stereocenters. The third-order valence-corrected chi connectivity index (χ3v) is 6.86. The van der Waals surface area contributed by atoms with E-state index in [1.807, 2.05) is 6.92 Å². The SMILES string of the molecule is CCCCCC(C)C(=O)N1C2CC(C[C@@H]2O)[C@@H]1C(=O)NCc1c(CO)cnc(C)c1O. The van der Waals surface area contributed by atoms with Crippen LogP contribution in [0.4, 0.5) is 0 Å². The highest BCUT2D eigenvalue weighted by atomic mass is 16.3. The summed E-state index contributed by atoms with van der Waals surface area (Å²) in [5, 5.41) is 33.1. The molecule has 4 N–H and O–H groups in total. The summed E-state index contributed by atoms with van der Waals surface area (Å²) in [7, 11) is 0. The van der Waals surface area contributed by atoms with Crippen LogP contribution in [-0.4, -0.2) is 55.2 Å². The summed E-state index contributed by atoms with van der Waals surface area (Å²) in [6, 6.07) is -0.927. The molecule has 2 aliphatic rings. The van der Waals surface area contributed by atoms with Gasteiger partial charge in [0.15, 0.2) is 0 Å². The maximum atomic E-state index is 13.2. The number of pyridine rings is 1. The smallest absolute Gasteiger partial charge is 0.243 e. The van der Waals surface area contributed by atoms with Gasteiger partial charge in [-0.05, 0) is 32.1 Å². The second-order valence-electron chi connectivity index (χ2n) is 9.03. The molecule has 3 rings (SSSR count). The second kappa shape index (κ2) is 9.96. The highest BCUT2D eigenvalue weighted by molar-refractivity contribution is 5.90. The molecule has 1 aliphatic carbocycles. The minimum Gasteiger partial charge on any atom is -0.506 e. The molecule has 5 atom stereocenters. The minimum atomic E-state index is -0.614. The standard InChI is InChI=1S/C23H35N3O5/c1-4-5-6-7-13(2)23(31)26-18-8-15(9-19(18)28)20(26)22(30)25-11-17-16(12-27)10-24-14(3)21(17)29/h10,13,15,18-20,27-29H,4-9,11-12H2,1-3H3,(H,25,30)/t13?,15?,18?,19-,20+/m0/s1. The maximum absolute atomic E-state index is 13.2. The fourth-order valence-electron chi connectivity index (χ4n) is 5.04. The molecule has 1 saturated heterocycles. The lowest BCUT2D eigenvalue weighted by Crippen LogP contribution is -2.57. The van der Waals surface area contributed by atoms with Gasteiger partial charge in [0, 0.05) is 29.8 Å². The van der Waals surface area contributed by atoms with Crippen molar-refractivity contribution < 1.29 is 24.9 Å². The van der Waals surface area contributed by atoms with Gasteiger partial charge in [0.2, 0.25) is 11.8 Å². The second-order valence-corrected chi connectivity index (χ2v) is 9.03. The Kier molecular flexibility index (Phi) is 7.54. The summed E-state index contributed by atoms with van der Waals surface area (Å²) in [6.07, 6.45) is 5.93. The Morgan fingerprint density at radius 3 is 2.74 bits per heavy atom. The topological polar surface area (TPSA) is 123 Å². The van der Waals surface area contributed by atoms with E-state index in [1.54, 1.807) is 11.8 Å². The van der Waals surface area contributed by atoms with Gasteiger partial charge in [-0.3, -0.25) is 14.6 Å². The van der Waals surface area contributed by atoms with Crippen molar-refractivity contribution in [2.45, 2.75) is 90.6 Å². The first-order valence-corrected chi connectivity index (χ1v) is 11.3. The predicted molar refractivity (Wildman–Crippen MR) is 115 cm³/mol. The molecule has 1 aromatic rings. The van der Waals surface area contributed by atoms with E-state index in [0.717, 1.165) is 25.7 Å². The number of hydrogen-bond donors (Lipinski definition) is 4. The Morgan fingerprint density at radius 1 is 1.32 bits per heavy atom. The molecule has 172 valence electrons. The average Bonchev–Trinajstić information content (AvgIpc) is 3.31. The average molecular weight is 434 g/mol. The van der Waals surface area contributed by atoms with Gasteiger partial charge in [-0.15, -0.1) is 0 Å². The van der Waals surface area contributed by atoms with E-state index in [2.05, 4.69) is 17.2 Å². The number of likely N-dealkylation sites (tertiary alicyclic amines) is 1. The summed E-state index contributed by atoms with van der Waals surface area (Å²) in [5.41, 5.74) is 1.30. The van der Waals surface area contributed by atoms with Crippen molar-refractivity contribution in [3.8, 4) is 5.75 Å². The van der Waals surface area contributed by atoms with Crippen molar-refractivity contribution in [2.24, 2.45) is 11.8 Å². The highest BCUT2D eigenvalue weighted by Gasteiger charge is 2.55. The number of rotatable bonds is 9. The van der Waals surface area contributed by atoms with E-state index >= 15 is 0 Å². The van der Waals surface area contributed by atoms with Gasteiger partial charge in [-0.1, -0.05) is 33.1 Å². The van der Waals surface area contributed by atoms with Crippen LogP contribution in [0.25, 0.3) is 0 Å². The van der Waals surface area contributed by atoms with E-state index < -0.39 is 12.1 Å². The molecule has 31 heavy (non-hydrogen) atoms. The number of amides is 2. The Labute approximate surface area is 183 Å². The lowest BCUT2D eigenvalue weighted by atomic mass is 9.94. The molecule has 0 aromatic carbocycles. The number of aliphatic hydroxyl groups is 2. The number of hydrogen-bond acceptors (Lipinski definition) is 6. The van der Waals surface area contributed by atoms with E-state index in [1.165, 1.54) is 6.20 Å². The largest absolute Gasteiger partial charge is 0.506 e. The number of carbonyl (C=O) groups is 2. The predicted octanol–water partition coefficient (Wildman–Crippen LogP) is 1.77. The Bertz CT molecular complexity index is 815. The number of fused-ring (bicyclic) bond motifs is 2. The van der Waals surface area contributed by atoms with Crippen molar-refractivity contribution in [3.05, 3.63) is 23.0 Å². The van der Waals surface area contributed by atoms with Gasteiger partial charge in [0.1, 0.15) is 11.8 Å². The van der Waals surface area contributed by atoms with Crippen molar-refractivity contribution in [1.29, 1.82) is 0 Å². The lowest BCUT2D eigenvalue weighted by Gasteiger charge is -2.38. The van der Waals surface area contributed by atoms with Crippen LogP contribution in [0, 0.1) is 18.8 Å². The zero-order valence-corrected chi connectivity index (χ0v) is 18.7. The zero-order valence-electron chi connectivity index (χ0n) is 18.7. The van der Waals surface area contributed by atoms with Crippen LogP contribution in [0.5, 0.6) is 5.75 Å². The Morgan fingerprint density at radius 2 is 2.06 bits per heavy atom. The summed E-state index contributed by atoms with van der Waals surface area (Å²) >= 11 is 0. The van der Waals surface area contributed by atoms with Crippen molar-refractivity contribution >= 4 is 11.8 Å². The number of aryl methyl sites for hydroxylation is 1. The number of nitrogens with zero attached hydrogens (tertiary/aromatic N) is 2. The third-order valence-electron chi connectivity index (χ3n) is 6.86. The first kappa shape index (κ1) is 23.5. The number of aliphatic hydroxyl groups excluding tert-OH is 2. The summed E-state index contributed by atoms with van der Waals surface area (Å²) in [4.78, 5) is 32.0. The molecule has 1 aromatic heterocycles. The van der Waals surface area contributed by atoms with Crippen LogP contribution in [0.2, 0.25) is 0 Å². The zero-order chi connectivity index (χ0) is 22.7. The number of aromatic nitrogens is 1. The minimum absolute atomic E-state index is 0.0362. The van der Waals surface area contributed by atoms with Gasteiger partial charge in [-0.2, -0.15) is 0 Å². The monoisotopic (exact) mass is 433 g/mol. The van der Waals surface area contributed by atoms with Crippen molar-refractivity contribution in [2.75, 3.05) is 0 Å². The van der Waals surface area contributed by atoms with Gasteiger partial charge < -0.3 is 25.5 Å². The first-order valence-electron chi connectivity index (χ1n) is 11.3. The highest BCUT2D eigenvalue weighted by Crippen LogP contribution is 2.43. The van der Waals surface area contributed by atoms with Crippen LogP contribution < -0.4 is 5.32 Å². The first-order chi connectivity index (χ1) is 14.8. The molecule has 2 fully saturated rings. The number of unbranched alkanes of at least 4 members (excludes halogenated alkanes) is 2. The van der Waals surface area contributed by atoms with Crippen LogP contribution in [0.1, 0.15) is 69.2 Å². The Balaban J connectivity index is 1.73. The quantitative estimate of drug-likeness (QED) is 0.440. The molecule has 1 aliphatic heterocycles. The lowest BCUT2D eigenvalue weighted by molar-refractivity contribution is -0.149. The van der Waals surface area contributed by atoms with Crippen LogP contribution in [-0.2, 0) is 22.7 Å². The van der Waals surface area contributed by atoms with Crippen LogP contribution in [0.15, 0.2) is 6.20 Å². The van der Waals surface area contributed by atoms with Gasteiger partial charge in [0.25, 0.3) is 0 Å². The number of piperidine rings is 1. The maximum Gasteiger partial charge on any atom is 0.243 e. The molecular formula is C23H35N3O5. The van der Waals surface area contributed by atoms with Gasteiger partial charge >= 0.3 is 0 Å². The normalized spacial score (nSPS) is 25.6. The molecule has 8 heteroatoms. The van der Waals surface area contributed by atoms with Crippen LogP contribution in [0.3, 0.4) is 0 Å². The Hall–Kier alpha value is -2.19. The van der Waals surface area contributed by atoms with Gasteiger partial charge in [0.05, 0.1) is 24.4 Å². The van der Waals surface area contributed by atoms with E-state index in [9.17, 15) is 24.9 Å². The molecule has 0 spiro atoms. The van der Waals surface area contributed by atoms with Crippen LogP contribution >= 0.6 is 0 Å². The fourth-order valence-corrected chi connectivity index (χ4v) is 5.04. The van der Waals surface area contributed by atoms with Crippen molar-refractivity contribution in [1.82, 2.24) is 15.2 Å². The molecule has 0 radical (unpaired) electrons. The van der Waals surface area contributed by atoms with Gasteiger partial charge in [-0.25, -0.2) is 0 Å². The summed E-state index contributed by atoms with van der Waals surface area (Å²) < 4.78 is 0. The molecule has 2 amide bonds. The number of carbonyl (C=O) groups excluding carboxylic acids is 2. The molecule has 1 saturated carbocycles. The van der Waals surface area contributed by atoms with Crippen molar-refractivity contribution in [3.63, 3.8) is 0 Å². The molecule has 2 bridgehead atoms. The fraction of sp³-hybridized carbons (Fsp3) is 0.696. The molecule has 2 heterocycles. The molecular weight excluding hydrogens is 398 g/mol. The van der Waals surface area contributed by atoms with E-state index in [4.69, 9.17) is 0 Å². The molecule has 8 nitrogen and oxygen atoms in total. The number of aromatic hydroxyl groups is 1. The third kappa shape index (κ3) is 4.70. The summed E-state index contributed by atoms with van der Waals surface area (Å²) in [5.74, 6) is -0.668. The van der Waals surface area contributed by atoms with E-state index in [-0.39, 0.29) is 48.6 Å². The van der Waals surface area contributed by atoms with E-state index in [0.29, 0.717) is 29.7 Å².